The van der Waals surface area contributed by atoms with Crippen LogP contribution in [0.1, 0.15) is 33.5 Å². The van der Waals surface area contributed by atoms with Crippen molar-refractivity contribution in [2.45, 2.75) is 30.9 Å². The number of phenols is 2. The number of rotatable bonds is 6. The normalized spacial score (nSPS) is 28.9. The summed E-state index contributed by atoms with van der Waals surface area (Å²) < 4.78 is 5.15. The first kappa shape index (κ1) is 29.2. The van der Waals surface area contributed by atoms with Crippen molar-refractivity contribution < 1.29 is 44.0 Å². The predicted octanol–water partition coefficient (Wildman–Crippen LogP) is 0.837. The van der Waals surface area contributed by atoms with Crippen molar-refractivity contribution in [2.24, 2.45) is 29.4 Å². The van der Waals surface area contributed by atoms with Crippen LogP contribution in [0.5, 0.6) is 17.2 Å². The highest BCUT2D eigenvalue weighted by atomic mass is 16.5. The van der Waals surface area contributed by atoms with Gasteiger partial charge < -0.3 is 25.8 Å². The van der Waals surface area contributed by atoms with Gasteiger partial charge in [-0.15, -0.1) is 0 Å². The van der Waals surface area contributed by atoms with Crippen molar-refractivity contribution in [3.8, 4) is 17.2 Å². The Hall–Kier alpha value is -4.35. The quantitative estimate of drug-likeness (QED) is 0.359. The van der Waals surface area contributed by atoms with Gasteiger partial charge in [-0.3, -0.25) is 28.9 Å². The molecule has 0 aliphatic heterocycles. The van der Waals surface area contributed by atoms with E-state index in [4.69, 9.17) is 10.5 Å². The van der Waals surface area contributed by atoms with Gasteiger partial charge in [0.25, 0.3) is 0 Å². The molecule has 11 heteroatoms. The van der Waals surface area contributed by atoms with Crippen LogP contribution in [0.3, 0.4) is 0 Å². The molecular formula is C31H32N2O9. The molecule has 6 atom stereocenters. The Bertz CT molecular complexity index is 1560. The number of primary amides is 1. The number of hydrogen-bond donors (Lipinski definition) is 4. The smallest absolute Gasteiger partial charge is 0.235 e. The monoisotopic (exact) mass is 576 g/mol. The number of ketones is 4. The highest BCUT2D eigenvalue weighted by Crippen LogP contribution is 2.51. The van der Waals surface area contributed by atoms with E-state index >= 15 is 0 Å². The molecule has 2 aromatic carbocycles. The molecule has 0 spiro atoms. The van der Waals surface area contributed by atoms with Gasteiger partial charge in [0.1, 0.15) is 5.75 Å². The van der Waals surface area contributed by atoms with Crippen molar-refractivity contribution in [1.82, 2.24) is 4.90 Å². The number of phenolic OH excluding ortho intramolecular Hbond substituents is 2. The molecule has 42 heavy (non-hydrogen) atoms. The summed E-state index contributed by atoms with van der Waals surface area (Å²) in [7, 11) is 4.53. The Balaban J connectivity index is 1.53. The number of amides is 1. The molecule has 0 aromatic heterocycles. The number of methoxy groups -OCH3 is 1. The Labute approximate surface area is 241 Å². The maximum Gasteiger partial charge on any atom is 0.235 e. The number of benzene rings is 2. The largest absolute Gasteiger partial charge is 0.507 e. The fourth-order valence-corrected chi connectivity index (χ4v) is 6.99. The van der Waals surface area contributed by atoms with Crippen LogP contribution in [0, 0.1) is 23.7 Å². The number of fused-ring (bicyclic) bond motifs is 3. The first-order chi connectivity index (χ1) is 19.8. The van der Waals surface area contributed by atoms with Gasteiger partial charge in [0, 0.05) is 11.5 Å². The summed E-state index contributed by atoms with van der Waals surface area (Å²) in [5, 5.41) is 32.7. The highest BCUT2D eigenvalue weighted by molar-refractivity contribution is 6.32. The number of likely N-dealkylation sites (N-methyl/N-ethyl adjacent to an activating group) is 1. The van der Waals surface area contributed by atoms with Gasteiger partial charge in [0.05, 0.1) is 24.6 Å². The fourth-order valence-electron chi connectivity index (χ4n) is 6.99. The van der Waals surface area contributed by atoms with E-state index in [-0.39, 0.29) is 29.9 Å². The van der Waals surface area contributed by atoms with Crippen molar-refractivity contribution in [2.75, 3.05) is 21.2 Å². The van der Waals surface area contributed by atoms with Crippen LogP contribution in [0.15, 0.2) is 36.4 Å². The molecule has 0 saturated heterocycles. The predicted molar refractivity (Wildman–Crippen MR) is 149 cm³/mol. The minimum Gasteiger partial charge on any atom is -0.507 e. The maximum atomic E-state index is 13.9. The molecule has 2 aromatic rings. The first-order valence-electron chi connectivity index (χ1n) is 13.5. The van der Waals surface area contributed by atoms with Crippen molar-refractivity contribution in [3.05, 3.63) is 58.7 Å². The summed E-state index contributed by atoms with van der Waals surface area (Å²) in [4.78, 5) is 67.8. The topological polar surface area (TPSA) is 185 Å². The number of hydrogen-bond acceptors (Lipinski definition) is 10. The lowest BCUT2D eigenvalue weighted by Gasteiger charge is -2.52. The molecule has 220 valence electrons. The third kappa shape index (κ3) is 4.23. The zero-order valence-electron chi connectivity index (χ0n) is 23.4. The molecule has 5 rings (SSSR count). The number of allylic oxidation sites excluding steroid dienone is 1. The van der Waals surface area contributed by atoms with E-state index in [1.165, 1.54) is 32.2 Å². The van der Waals surface area contributed by atoms with Gasteiger partial charge >= 0.3 is 0 Å². The van der Waals surface area contributed by atoms with Crippen LogP contribution in [0.25, 0.3) is 6.08 Å². The van der Waals surface area contributed by atoms with E-state index in [1.807, 2.05) is 0 Å². The standard InChI is InChI=1S/C31H32N2O9/c1-33(2)24-18-13-16-12-17-14(6-4-7-15-8-5-9-20(42-3)25(15)35)10-11-19(34)22(17)26(36)21(16)28(38)31(18,41)29(39)23(27(24)37)30(32)40/h4-6,8-11,16,18,21,23-24,34-35,41H,7,12-13H2,1-3H3,(H2,32,40)/b6-4-. The van der Waals surface area contributed by atoms with Crippen LogP contribution in [-0.2, 0) is 32.0 Å². The SMILES string of the molecule is COc1cccc(C/C=C\c2ccc(O)c3c2CC2CC4C(N(C)C)C(=O)C(C(N)=O)C(=O)C4(O)C(=O)C2C3=O)c1O. The van der Waals surface area contributed by atoms with E-state index in [1.54, 1.807) is 36.4 Å². The number of aromatic hydroxyl groups is 2. The van der Waals surface area contributed by atoms with Crippen molar-refractivity contribution in [1.29, 1.82) is 0 Å². The lowest BCUT2D eigenvalue weighted by Crippen LogP contribution is -2.74. The Morgan fingerprint density at radius 2 is 1.83 bits per heavy atom. The van der Waals surface area contributed by atoms with Crippen LogP contribution in [-0.4, -0.2) is 82.1 Å². The van der Waals surface area contributed by atoms with Crippen molar-refractivity contribution >= 4 is 35.1 Å². The van der Waals surface area contributed by atoms with Gasteiger partial charge in [-0.2, -0.15) is 0 Å². The van der Waals surface area contributed by atoms with E-state index in [0.717, 1.165) is 0 Å². The molecule has 1 amide bonds. The Morgan fingerprint density at radius 1 is 1.12 bits per heavy atom. The average molecular weight is 577 g/mol. The molecule has 2 saturated carbocycles. The van der Waals surface area contributed by atoms with Gasteiger partial charge in [-0.05, 0) is 62.5 Å². The molecule has 2 fully saturated rings. The second-order valence-corrected chi connectivity index (χ2v) is 11.4. The first-order valence-corrected chi connectivity index (χ1v) is 13.5. The highest BCUT2D eigenvalue weighted by Gasteiger charge is 2.69. The zero-order chi connectivity index (χ0) is 30.7. The molecule has 5 N–H and O–H groups in total. The number of para-hydroxylation sites is 1. The second-order valence-electron chi connectivity index (χ2n) is 11.4. The summed E-state index contributed by atoms with van der Waals surface area (Å²) in [6.07, 6.45) is 4.00. The number of carbonyl (C=O) groups is 5. The zero-order valence-corrected chi connectivity index (χ0v) is 23.4. The molecule has 6 unspecified atom stereocenters. The average Bonchev–Trinajstić information content (AvgIpc) is 2.92. The van der Waals surface area contributed by atoms with Gasteiger partial charge in [0.15, 0.2) is 46.2 Å². The number of Topliss-reactive ketones (excluding diaryl/α,β-unsaturated/α-hetero) is 4. The number of carbonyl (C=O) groups excluding carboxylic acids is 5. The minimum atomic E-state index is -2.76. The van der Waals surface area contributed by atoms with Gasteiger partial charge in [-0.1, -0.05) is 30.4 Å². The van der Waals surface area contributed by atoms with Crippen LogP contribution in [0.2, 0.25) is 0 Å². The molecule has 0 heterocycles. The fraction of sp³-hybridized carbons (Fsp3) is 0.387. The third-order valence-electron chi connectivity index (χ3n) is 8.92. The van der Waals surface area contributed by atoms with E-state index in [9.17, 15) is 39.3 Å². The lowest BCUT2D eigenvalue weighted by molar-refractivity contribution is -0.181. The Morgan fingerprint density at radius 3 is 2.48 bits per heavy atom. The molecule has 3 aliphatic carbocycles. The summed E-state index contributed by atoms with van der Waals surface area (Å²) >= 11 is 0. The van der Waals surface area contributed by atoms with Gasteiger partial charge in [0.2, 0.25) is 5.91 Å². The lowest BCUT2D eigenvalue weighted by atomic mass is 9.52. The Kier molecular flexibility index (Phi) is 7.28. The summed E-state index contributed by atoms with van der Waals surface area (Å²) in [6, 6.07) is 6.94. The second kappa shape index (κ2) is 10.5. The molecule has 0 radical (unpaired) electrons. The number of aliphatic hydroxyl groups is 1. The number of nitrogens with two attached hydrogens (primary N) is 1. The summed E-state index contributed by atoms with van der Waals surface area (Å²) in [5.74, 6) is -10.5. The summed E-state index contributed by atoms with van der Waals surface area (Å²) in [5.41, 5.74) is 4.23. The third-order valence-corrected chi connectivity index (χ3v) is 8.92. The van der Waals surface area contributed by atoms with E-state index in [2.05, 4.69) is 0 Å². The van der Waals surface area contributed by atoms with E-state index in [0.29, 0.717) is 28.9 Å². The van der Waals surface area contributed by atoms with E-state index < -0.39 is 64.4 Å². The number of ether oxygens (including phenoxy) is 1. The molecular weight excluding hydrogens is 544 g/mol. The van der Waals surface area contributed by atoms with Crippen LogP contribution in [0.4, 0.5) is 0 Å². The molecule has 11 nitrogen and oxygen atoms in total. The van der Waals surface area contributed by atoms with Crippen LogP contribution >= 0.6 is 0 Å². The van der Waals surface area contributed by atoms with Crippen molar-refractivity contribution in [3.63, 3.8) is 0 Å². The molecule has 3 aliphatic rings. The number of nitrogens with zero attached hydrogens (tertiary/aromatic N) is 1. The maximum absolute atomic E-state index is 13.9. The van der Waals surface area contributed by atoms with Crippen LogP contribution < -0.4 is 10.5 Å². The summed E-state index contributed by atoms with van der Waals surface area (Å²) in [6.45, 7) is 0. The molecule has 0 bridgehead atoms. The minimum absolute atomic E-state index is 0.00852. The van der Waals surface area contributed by atoms with Gasteiger partial charge in [-0.25, -0.2) is 0 Å².